The third-order valence-corrected chi connectivity index (χ3v) is 4.60. The van der Waals surface area contributed by atoms with Gasteiger partial charge in [0, 0.05) is 6.54 Å². The lowest BCUT2D eigenvalue weighted by Gasteiger charge is -2.26. The molecule has 0 saturated carbocycles. The van der Waals surface area contributed by atoms with Gasteiger partial charge >= 0.3 is 0 Å². The van der Waals surface area contributed by atoms with Crippen LogP contribution in [0.5, 0.6) is 5.75 Å². The van der Waals surface area contributed by atoms with Gasteiger partial charge in [-0.05, 0) is 36.6 Å². The van der Waals surface area contributed by atoms with Gasteiger partial charge in [0.1, 0.15) is 5.75 Å². The molecule has 0 radical (unpaired) electrons. The number of carbonyl (C=O) groups is 2. The first-order valence-electron chi connectivity index (χ1n) is 8.46. The Morgan fingerprint density at radius 2 is 1.77 bits per heavy atom. The monoisotopic (exact) mass is 351 g/mol. The first-order chi connectivity index (χ1) is 12.5. The molecule has 2 aromatic carbocycles. The minimum Gasteiger partial charge on any atom is -0.503 e. The summed E-state index contributed by atoms with van der Waals surface area (Å²) in [4.78, 5) is 26.3. The molecule has 134 valence electrons. The molecular weight excluding hydrogens is 330 g/mol. The second-order valence-corrected chi connectivity index (χ2v) is 6.23. The Morgan fingerprint density at radius 3 is 2.35 bits per heavy atom. The Bertz CT molecular complexity index is 840. The lowest BCUT2D eigenvalue weighted by atomic mass is 9.96. The molecule has 0 aromatic heterocycles. The summed E-state index contributed by atoms with van der Waals surface area (Å²) in [6.45, 7) is 1.77. The van der Waals surface area contributed by atoms with Crippen molar-refractivity contribution < 1.29 is 19.4 Å². The first kappa shape index (κ1) is 17.7. The molecule has 2 aromatic rings. The van der Waals surface area contributed by atoms with E-state index >= 15 is 0 Å². The van der Waals surface area contributed by atoms with Crippen molar-refractivity contribution in [3.05, 3.63) is 77.1 Å². The molecule has 1 atom stereocenters. The van der Waals surface area contributed by atoms with Crippen LogP contribution in [-0.4, -0.2) is 35.4 Å². The largest absolute Gasteiger partial charge is 0.503 e. The number of nitrogens with zero attached hydrogens (tertiary/aromatic N) is 1. The molecule has 0 spiro atoms. The van der Waals surface area contributed by atoms with Gasteiger partial charge in [-0.3, -0.25) is 9.59 Å². The van der Waals surface area contributed by atoms with Crippen LogP contribution in [0, 0.1) is 0 Å². The van der Waals surface area contributed by atoms with E-state index in [0.717, 1.165) is 11.1 Å². The Labute approximate surface area is 152 Å². The molecule has 5 nitrogen and oxygen atoms in total. The number of carbonyl (C=O) groups excluding carboxylic acids is 2. The predicted octanol–water partition coefficient (Wildman–Crippen LogP) is 3.22. The van der Waals surface area contributed by atoms with E-state index in [1.165, 1.54) is 6.92 Å². The highest BCUT2D eigenvalue weighted by atomic mass is 16.5. The minimum atomic E-state index is -0.588. The van der Waals surface area contributed by atoms with Crippen molar-refractivity contribution in [1.82, 2.24) is 4.90 Å². The Morgan fingerprint density at radius 1 is 1.12 bits per heavy atom. The van der Waals surface area contributed by atoms with Crippen molar-refractivity contribution in [3.8, 4) is 5.75 Å². The molecule has 5 heteroatoms. The van der Waals surface area contributed by atoms with Crippen LogP contribution >= 0.6 is 0 Å². The molecule has 1 aliphatic heterocycles. The summed E-state index contributed by atoms with van der Waals surface area (Å²) in [7, 11) is 1.58. The van der Waals surface area contributed by atoms with E-state index in [1.54, 1.807) is 24.1 Å². The maximum absolute atomic E-state index is 12.6. The van der Waals surface area contributed by atoms with E-state index in [1.807, 2.05) is 42.5 Å². The number of amides is 1. The van der Waals surface area contributed by atoms with E-state index in [4.69, 9.17) is 4.74 Å². The fourth-order valence-electron chi connectivity index (χ4n) is 3.27. The zero-order valence-electron chi connectivity index (χ0n) is 14.8. The molecule has 1 N–H and O–H groups in total. The lowest BCUT2D eigenvalue weighted by molar-refractivity contribution is -0.129. The highest BCUT2D eigenvalue weighted by molar-refractivity contribution is 6.08. The van der Waals surface area contributed by atoms with Gasteiger partial charge in [-0.25, -0.2) is 0 Å². The van der Waals surface area contributed by atoms with E-state index < -0.39 is 17.7 Å². The van der Waals surface area contributed by atoms with Crippen molar-refractivity contribution in [1.29, 1.82) is 0 Å². The number of ketones is 1. The van der Waals surface area contributed by atoms with Gasteiger partial charge in [-0.1, -0.05) is 42.5 Å². The molecule has 1 aliphatic rings. The summed E-state index contributed by atoms with van der Waals surface area (Å²) < 4.78 is 5.17. The zero-order chi connectivity index (χ0) is 18.7. The van der Waals surface area contributed by atoms with Crippen molar-refractivity contribution >= 4 is 11.7 Å². The number of hydrogen-bond donors (Lipinski definition) is 1. The number of ether oxygens (including phenoxy) is 1. The molecule has 0 saturated heterocycles. The molecule has 0 aliphatic carbocycles. The van der Waals surface area contributed by atoms with Crippen LogP contribution in [0.1, 0.15) is 24.1 Å². The quantitative estimate of drug-likeness (QED) is 0.868. The second kappa shape index (κ2) is 7.44. The van der Waals surface area contributed by atoms with Crippen LogP contribution in [-0.2, 0) is 16.0 Å². The number of methoxy groups -OCH3 is 1. The Balaban J connectivity index is 1.93. The molecule has 1 amide bonds. The standard InChI is InChI=1S/C21H21NO4/c1-14(23)18-19(16-8-10-17(26-2)11-9-16)22(21(25)20(18)24)13-12-15-6-4-3-5-7-15/h3-11,19,24H,12-13H2,1-2H3. The summed E-state index contributed by atoms with van der Waals surface area (Å²) in [5, 5.41) is 10.3. The van der Waals surface area contributed by atoms with E-state index in [0.29, 0.717) is 18.7 Å². The molecule has 3 rings (SSSR count). The van der Waals surface area contributed by atoms with Crippen LogP contribution in [0.3, 0.4) is 0 Å². The number of hydrogen-bond acceptors (Lipinski definition) is 4. The predicted molar refractivity (Wildman–Crippen MR) is 97.9 cm³/mol. The Kier molecular flexibility index (Phi) is 5.07. The van der Waals surface area contributed by atoms with Gasteiger partial charge in [0.05, 0.1) is 18.7 Å². The molecule has 26 heavy (non-hydrogen) atoms. The van der Waals surface area contributed by atoms with Crippen molar-refractivity contribution in [2.45, 2.75) is 19.4 Å². The molecule has 1 unspecified atom stereocenters. The zero-order valence-corrected chi connectivity index (χ0v) is 14.8. The second-order valence-electron chi connectivity index (χ2n) is 6.23. The average molecular weight is 351 g/mol. The smallest absolute Gasteiger partial charge is 0.290 e. The minimum absolute atomic E-state index is 0.147. The highest BCUT2D eigenvalue weighted by Crippen LogP contribution is 2.38. The fraction of sp³-hybridized carbons (Fsp3) is 0.238. The third-order valence-electron chi connectivity index (χ3n) is 4.60. The molecule has 0 bridgehead atoms. The van der Waals surface area contributed by atoms with Crippen molar-refractivity contribution in [2.24, 2.45) is 0 Å². The van der Waals surface area contributed by atoms with Crippen LogP contribution in [0.25, 0.3) is 0 Å². The van der Waals surface area contributed by atoms with Crippen LogP contribution in [0.15, 0.2) is 65.9 Å². The number of Topliss-reactive ketones (excluding diaryl/α,β-unsaturated/α-hetero) is 1. The molecular formula is C21H21NO4. The first-order valence-corrected chi connectivity index (χ1v) is 8.46. The Hall–Kier alpha value is -3.08. The van der Waals surface area contributed by atoms with E-state index in [2.05, 4.69) is 0 Å². The van der Waals surface area contributed by atoms with Gasteiger partial charge in [0.15, 0.2) is 11.5 Å². The summed E-state index contributed by atoms with van der Waals surface area (Å²) in [6, 6.07) is 16.4. The van der Waals surface area contributed by atoms with Gasteiger partial charge in [0.2, 0.25) is 0 Å². The number of rotatable bonds is 6. The summed E-state index contributed by atoms with van der Waals surface area (Å²) >= 11 is 0. The summed E-state index contributed by atoms with van der Waals surface area (Å²) in [5.41, 5.74) is 2.00. The number of aliphatic hydroxyl groups is 1. The normalized spacial score (nSPS) is 16.9. The third kappa shape index (κ3) is 3.33. The maximum atomic E-state index is 12.6. The van der Waals surface area contributed by atoms with Gasteiger partial charge in [-0.2, -0.15) is 0 Å². The summed E-state index contributed by atoms with van der Waals surface area (Å²) in [6.07, 6.45) is 0.637. The molecule has 0 fully saturated rings. The number of benzene rings is 2. The number of aliphatic hydroxyl groups excluding tert-OH is 1. The molecule has 1 heterocycles. The van der Waals surface area contributed by atoms with Gasteiger partial charge in [-0.15, -0.1) is 0 Å². The highest BCUT2D eigenvalue weighted by Gasteiger charge is 2.41. The SMILES string of the molecule is COc1ccc(C2C(C(C)=O)=C(O)C(=O)N2CCc2ccccc2)cc1. The van der Waals surface area contributed by atoms with Crippen molar-refractivity contribution in [2.75, 3.05) is 13.7 Å². The topological polar surface area (TPSA) is 66.8 Å². The maximum Gasteiger partial charge on any atom is 0.290 e. The van der Waals surface area contributed by atoms with E-state index in [-0.39, 0.29) is 11.4 Å². The van der Waals surface area contributed by atoms with Crippen LogP contribution in [0.2, 0.25) is 0 Å². The van der Waals surface area contributed by atoms with Gasteiger partial charge in [0.25, 0.3) is 5.91 Å². The summed E-state index contributed by atoms with van der Waals surface area (Å²) in [5.74, 6) is -0.580. The average Bonchev–Trinajstić information content (AvgIpc) is 2.92. The van der Waals surface area contributed by atoms with Crippen LogP contribution < -0.4 is 4.74 Å². The van der Waals surface area contributed by atoms with E-state index in [9.17, 15) is 14.7 Å². The fourth-order valence-corrected chi connectivity index (χ4v) is 3.27. The van der Waals surface area contributed by atoms with Crippen LogP contribution in [0.4, 0.5) is 0 Å². The van der Waals surface area contributed by atoms with Gasteiger partial charge < -0.3 is 14.7 Å². The van der Waals surface area contributed by atoms with Crippen molar-refractivity contribution in [3.63, 3.8) is 0 Å². The lowest BCUT2D eigenvalue weighted by Crippen LogP contribution is -2.32.